The van der Waals surface area contributed by atoms with E-state index in [1.54, 1.807) is 0 Å². The number of nitrogen functional groups attached to an aromatic ring is 1. The lowest BCUT2D eigenvalue weighted by Crippen LogP contribution is -1.96. The maximum absolute atomic E-state index is 9.26. The van der Waals surface area contributed by atoms with Crippen LogP contribution in [0, 0.1) is 0 Å². The van der Waals surface area contributed by atoms with Gasteiger partial charge in [-0.15, -0.1) is 0 Å². The van der Waals surface area contributed by atoms with E-state index in [2.05, 4.69) is 29.2 Å². The van der Waals surface area contributed by atoms with E-state index in [1.165, 1.54) is 5.39 Å². The molecule has 3 N–H and O–H groups in total. The first-order chi connectivity index (χ1) is 10.8. The summed E-state index contributed by atoms with van der Waals surface area (Å²) in [6, 6.07) is 18.1. The number of nitrogens with zero attached hydrogens (tertiary/aromatic N) is 2. The average molecular weight is 289 g/mol. The highest BCUT2D eigenvalue weighted by molar-refractivity contribution is 5.88. The molecule has 4 aromatic rings. The van der Waals surface area contributed by atoms with Crippen LogP contribution in [0.3, 0.4) is 0 Å². The fourth-order valence-electron chi connectivity index (χ4n) is 2.75. The van der Waals surface area contributed by atoms with Gasteiger partial charge in [-0.1, -0.05) is 42.5 Å². The van der Waals surface area contributed by atoms with E-state index in [0.29, 0.717) is 5.82 Å². The van der Waals surface area contributed by atoms with Crippen molar-refractivity contribution >= 4 is 22.2 Å². The zero-order chi connectivity index (χ0) is 15.1. The number of pyridine rings is 1. The highest BCUT2D eigenvalue weighted by Crippen LogP contribution is 2.29. The van der Waals surface area contributed by atoms with E-state index in [9.17, 15) is 5.11 Å². The molecular weight excluding hydrogens is 274 g/mol. The number of rotatable bonds is 2. The Morgan fingerprint density at radius 1 is 1.00 bits per heavy atom. The van der Waals surface area contributed by atoms with Gasteiger partial charge in [0.1, 0.15) is 17.2 Å². The largest absolute Gasteiger partial charge is 0.392 e. The third-order valence-corrected chi connectivity index (χ3v) is 3.92. The Morgan fingerprint density at radius 2 is 1.82 bits per heavy atom. The lowest BCUT2D eigenvalue weighted by Gasteiger charge is -2.03. The first-order valence-corrected chi connectivity index (χ1v) is 7.13. The van der Waals surface area contributed by atoms with Crippen LogP contribution in [0.25, 0.3) is 27.7 Å². The zero-order valence-electron chi connectivity index (χ0n) is 11.9. The van der Waals surface area contributed by atoms with Crippen molar-refractivity contribution in [2.45, 2.75) is 6.61 Å². The standard InChI is InChI=1S/C18H15N3O/c19-18-17(20-16-8-5-12(11-22)10-21(16)18)15-7-6-13-3-1-2-4-14(13)9-15/h1-10,22H,11,19H2. The number of hydrogen-bond donors (Lipinski definition) is 2. The molecule has 0 aliphatic rings. The maximum Gasteiger partial charge on any atom is 0.139 e. The summed E-state index contributed by atoms with van der Waals surface area (Å²) in [4.78, 5) is 4.62. The number of benzene rings is 2. The maximum atomic E-state index is 9.26. The molecule has 0 saturated heterocycles. The van der Waals surface area contributed by atoms with Crippen LogP contribution in [0.2, 0.25) is 0 Å². The molecule has 4 heteroatoms. The van der Waals surface area contributed by atoms with Crippen LogP contribution in [-0.2, 0) is 6.61 Å². The van der Waals surface area contributed by atoms with Crippen molar-refractivity contribution in [1.82, 2.24) is 9.38 Å². The molecule has 0 radical (unpaired) electrons. The van der Waals surface area contributed by atoms with E-state index < -0.39 is 0 Å². The molecule has 2 aromatic heterocycles. The highest BCUT2D eigenvalue weighted by Gasteiger charge is 2.12. The number of aromatic nitrogens is 2. The van der Waals surface area contributed by atoms with Crippen molar-refractivity contribution in [3.8, 4) is 11.3 Å². The number of fused-ring (bicyclic) bond motifs is 2. The fourth-order valence-corrected chi connectivity index (χ4v) is 2.75. The number of nitrogens with two attached hydrogens (primary N) is 1. The van der Waals surface area contributed by atoms with E-state index in [0.717, 1.165) is 27.9 Å². The van der Waals surface area contributed by atoms with Gasteiger partial charge >= 0.3 is 0 Å². The number of anilines is 1. The number of imidazole rings is 1. The van der Waals surface area contributed by atoms with E-state index >= 15 is 0 Å². The summed E-state index contributed by atoms with van der Waals surface area (Å²) in [7, 11) is 0. The minimum Gasteiger partial charge on any atom is -0.392 e. The first-order valence-electron chi connectivity index (χ1n) is 7.13. The number of aliphatic hydroxyl groups excluding tert-OH is 1. The zero-order valence-corrected chi connectivity index (χ0v) is 11.9. The predicted octanol–water partition coefficient (Wildman–Crippen LogP) is 3.23. The summed E-state index contributed by atoms with van der Waals surface area (Å²) in [5, 5.41) is 11.6. The van der Waals surface area contributed by atoms with Gasteiger partial charge in [-0.3, -0.25) is 4.40 Å². The van der Waals surface area contributed by atoms with Gasteiger partial charge in [0, 0.05) is 11.8 Å². The molecule has 0 unspecified atom stereocenters. The van der Waals surface area contributed by atoms with Crippen LogP contribution in [0.1, 0.15) is 5.56 Å². The molecule has 0 spiro atoms. The summed E-state index contributed by atoms with van der Waals surface area (Å²) in [5.74, 6) is 0.584. The second-order valence-corrected chi connectivity index (χ2v) is 5.33. The van der Waals surface area contributed by atoms with Crippen LogP contribution in [0.5, 0.6) is 0 Å². The SMILES string of the molecule is Nc1c(-c2ccc3ccccc3c2)nc2ccc(CO)cn12. The quantitative estimate of drug-likeness (QED) is 0.595. The molecule has 0 atom stereocenters. The number of hydrogen-bond acceptors (Lipinski definition) is 3. The third kappa shape index (κ3) is 1.93. The molecule has 2 heterocycles. The Balaban J connectivity index is 1.93. The summed E-state index contributed by atoms with van der Waals surface area (Å²) < 4.78 is 1.82. The number of aliphatic hydroxyl groups is 1. The molecule has 0 fully saturated rings. The molecule has 4 nitrogen and oxygen atoms in total. The monoisotopic (exact) mass is 289 g/mol. The lowest BCUT2D eigenvalue weighted by molar-refractivity contribution is 0.281. The molecular formula is C18H15N3O. The molecule has 0 bridgehead atoms. The Hall–Kier alpha value is -2.85. The Labute approximate surface area is 127 Å². The van der Waals surface area contributed by atoms with Crippen LogP contribution in [0.15, 0.2) is 60.8 Å². The van der Waals surface area contributed by atoms with Gasteiger partial charge in [0.05, 0.1) is 6.61 Å². The summed E-state index contributed by atoms with van der Waals surface area (Å²) in [6.07, 6.45) is 1.82. The molecule has 108 valence electrons. The molecule has 22 heavy (non-hydrogen) atoms. The Bertz CT molecular complexity index is 988. The fraction of sp³-hybridized carbons (Fsp3) is 0.0556. The molecule has 2 aromatic carbocycles. The summed E-state index contributed by atoms with van der Waals surface area (Å²) in [5.41, 5.74) is 9.60. The molecule has 0 aliphatic heterocycles. The first kappa shape index (κ1) is 12.9. The van der Waals surface area contributed by atoms with Gasteiger partial charge < -0.3 is 10.8 Å². The van der Waals surface area contributed by atoms with Gasteiger partial charge in [-0.2, -0.15) is 0 Å². The van der Waals surface area contributed by atoms with E-state index in [-0.39, 0.29) is 6.61 Å². The summed E-state index contributed by atoms with van der Waals surface area (Å²) in [6.45, 7) is -0.0150. The van der Waals surface area contributed by atoms with Crippen LogP contribution in [0.4, 0.5) is 5.82 Å². The summed E-state index contributed by atoms with van der Waals surface area (Å²) >= 11 is 0. The second kappa shape index (κ2) is 4.86. The third-order valence-electron chi connectivity index (χ3n) is 3.92. The van der Waals surface area contributed by atoms with E-state index in [1.807, 2.05) is 40.9 Å². The second-order valence-electron chi connectivity index (χ2n) is 5.33. The van der Waals surface area contributed by atoms with Gasteiger partial charge in [0.25, 0.3) is 0 Å². The minimum absolute atomic E-state index is 0.0150. The molecule has 0 aliphatic carbocycles. The van der Waals surface area contributed by atoms with Gasteiger partial charge in [0.15, 0.2) is 0 Å². The van der Waals surface area contributed by atoms with Crippen molar-refractivity contribution < 1.29 is 5.11 Å². The van der Waals surface area contributed by atoms with Crippen molar-refractivity contribution in [1.29, 1.82) is 0 Å². The van der Waals surface area contributed by atoms with Crippen molar-refractivity contribution in [3.05, 3.63) is 66.4 Å². The molecule has 4 rings (SSSR count). The Morgan fingerprint density at radius 3 is 2.64 bits per heavy atom. The van der Waals surface area contributed by atoms with Gasteiger partial charge in [-0.05, 0) is 28.5 Å². The topological polar surface area (TPSA) is 63.5 Å². The van der Waals surface area contributed by atoms with Gasteiger partial charge in [0.2, 0.25) is 0 Å². The molecule has 0 amide bonds. The molecule has 0 saturated carbocycles. The van der Waals surface area contributed by atoms with Gasteiger partial charge in [-0.25, -0.2) is 4.98 Å². The van der Waals surface area contributed by atoms with E-state index in [4.69, 9.17) is 5.73 Å². The highest BCUT2D eigenvalue weighted by atomic mass is 16.3. The minimum atomic E-state index is -0.0150. The lowest BCUT2D eigenvalue weighted by atomic mass is 10.1. The van der Waals surface area contributed by atoms with Crippen molar-refractivity contribution in [2.75, 3.05) is 5.73 Å². The smallest absolute Gasteiger partial charge is 0.139 e. The van der Waals surface area contributed by atoms with Crippen LogP contribution >= 0.6 is 0 Å². The normalized spacial score (nSPS) is 11.3. The van der Waals surface area contributed by atoms with Crippen LogP contribution < -0.4 is 5.73 Å². The Kier molecular flexibility index (Phi) is 2.84. The predicted molar refractivity (Wildman–Crippen MR) is 88.5 cm³/mol. The van der Waals surface area contributed by atoms with Crippen LogP contribution in [-0.4, -0.2) is 14.5 Å². The van der Waals surface area contributed by atoms with Crippen molar-refractivity contribution in [3.63, 3.8) is 0 Å². The van der Waals surface area contributed by atoms with Crippen molar-refractivity contribution in [2.24, 2.45) is 0 Å². The average Bonchev–Trinajstić information content (AvgIpc) is 2.90.